The van der Waals surface area contributed by atoms with E-state index in [0.717, 1.165) is 19.4 Å². The van der Waals surface area contributed by atoms with Crippen LogP contribution in [-0.2, 0) is 11.2 Å². The van der Waals surface area contributed by atoms with Crippen molar-refractivity contribution < 1.29 is 4.79 Å². The highest BCUT2D eigenvalue weighted by molar-refractivity contribution is 5.85. The van der Waals surface area contributed by atoms with Gasteiger partial charge in [-0.15, -0.1) is 19.0 Å². The third-order valence-corrected chi connectivity index (χ3v) is 3.03. The van der Waals surface area contributed by atoms with E-state index in [1.54, 1.807) is 6.08 Å². The highest BCUT2D eigenvalue weighted by Gasteiger charge is 2.12. The smallest absolute Gasteiger partial charge is 0.222 e. The Morgan fingerprint density at radius 3 is 2.60 bits per heavy atom. The van der Waals surface area contributed by atoms with E-state index in [4.69, 9.17) is 5.73 Å². The number of halogens is 1. The average Bonchev–Trinajstić information content (AvgIpc) is 2.42. The Morgan fingerprint density at radius 2 is 2.05 bits per heavy atom. The van der Waals surface area contributed by atoms with Gasteiger partial charge in [-0.3, -0.25) is 4.79 Å². The van der Waals surface area contributed by atoms with E-state index in [1.165, 1.54) is 5.56 Å². The first-order valence-corrected chi connectivity index (χ1v) is 6.81. The van der Waals surface area contributed by atoms with Crippen molar-refractivity contribution in [1.82, 2.24) is 4.90 Å². The number of hydrogen-bond donors (Lipinski definition) is 1. The van der Waals surface area contributed by atoms with Crippen molar-refractivity contribution in [1.29, 1.82) is 0 Å². The molecule has 1 rings (SSSR count). The van der Waals surface area contributed by atoms with Crippen LogP contribution in [0.3, 0.4) is 0 Å². The molecule has 0 radical (unpaired) electrons. The van der Waals surface area contributed by atoms with E-state index in [1.807, 2.05) is 30.0 Å². The van der Waals surface area contributed by atoms with Crippen molar-refractivity contribution in [3.05, 3.63) is 48.6 Å². The molecule has 1 amide bonds. The fraction of sp³-hybridized carbons (Fsp3) is 0.438. The highest BCUT2D eigenvalue weighted by Crippen LogP contribution is 2.05. The first-order chi connectivity index (χ1) is 9.13. The third-order valence-electron chi connectivity index (χ3n) is 3.03. The van der Waals surface area contributed by atoms with Crippen molar-refractivity contribution in [3.63, 3.8) is 0 Å². The van der Waals surface area contributed by atoms with E-state index in [9.17, 15) is 4.79 Å². The Bertz CT molecular complexity index is 393. The molecule has 0 spiro atoms. The molecule has 0 aliphatic heterocycles. The third kappa shape index (κ3) is 7.31. The van der Waals surface area contributed by atoms with Gasteiger partial charge in [-0.05, 0) is 25.3 Å². The molecule has 4 heteroatoms. The van der Waals surface area contributed by atoms with Crippen molar-refractivity contribution in [2.45, 2.75) is 32.2 Å². The first-order valence-electron chi connectivity index (χ1n) is 6.81. The summed E-state index contributed by atoms with van der Waals surface area (Å²) in [6.07, 6.45) is 3.89. The average molecular weight is 297 g/mol. The van der Waals surface area contributed by atoms with Crippen LogP contribution in [0.25, 0.3) is 0 Å². The van der Waals surface area contributed by atoms with Crippen LogP contribution >= 0.6 is 12.4 Å². The van der Waals surface area contributed by atoms with Gasteiger partial charge in [-0.25, -0.2) is 0 Å². The van der Waals surface area contributed by atoms with Gasteiger partial charge in [0.15, 0.2) is 0 Å². The summed E-state index contributed by atoms with van der Waals surface area (Å²) in [7, 11) is 0. The molecular formula is C16H25ClN2O. The molecule has 2 N–H and O–H groups in total. The zero-order chi connectivity index (χ0) is 14.1. The summed E-state index contributed by atoms with van der Waals surface area (Å²) in [6.45, 7) is 6.97. The lowest BCUT2D eigenvalue weighted by molar-refractivity contribution is -0.130. The molecule has 0 aliphatic rings. The number of hydrogen-bond acceptors (Lipinski definition) is 2. The Labute approximate surface area is 128 Å². The topological polar surface area (TPSA) is 46.3 Å². The summed E-state index contributed by atoms with van der Waals surface area (Å²) < 4.78 is 0. The van der Waals surface area contributed by atoms with Gasteiger partial charge in [0.25, 0.3) is 0 Å². The van der Waals surface area contributed by atoms with Gasteiger partial charge in [-0.2, -0.15) is 0 Å². The van der Waals surface area contributed by atoms with E-state index in [2.05, 4.69) is 18.7 Å². The fourth-order valence-electron chi connectivity index (χ4n) is 1.89. The predicted molar refractivity (Wildman–Crippen MR) is 87.1 cm³/mol. The Kier molecular flexibility index (Phi) is 9.77. The molecule has 0 saturated carbocycles. The van der Waals surface area contributed by atoms with Crippen LogP contribution in [-0.4, -0.2) is 29.9 Å². The predicted octanol–water partition coefficient (Wildman–Crippen LogP) is 2.79. The highest BCUT2D eigenvalue weighted by atomic mass is 35.5. The van der Waals surface area contributed by atoms with Crippen LogP contribution in [0.15, 0.2) is 43.0 Å². The molecule has 3 nitrogen and oxygen atoms in total. The number of nitrogens with two attached hydrogens (primary N) is 1. The van der Waals surface area contributed by atoms with Gasteiger partial charge in [0.1, 0.15) is 0 Å². The molecule has 20 heavy (non-hydrogen) atoms. The minimum Gasteiger partial charge on any atom is -0.339 e. The Morgan fingerprint density at radius 1 is 1.40 bits per heavy atom. The normalized spacial score (nSPS) is 11.3. The van der Waals surface area contributed by atoms with Crippen LogP contribution < -0.4 is 5.73 Å². The minimum absolute atomic E-state index is 0. The number of nitrogens with zero attached hydrogens (tertiary/aromatic N) is 1. The van der Waals surface area contributed by atoms with Gasteiger partial charge in [0.2, 0.25) is 5.91 Å². The number of amides is 1. The molecule has 0 heterocycles. The van der Waals surface area contributed by atoms with E-state index in [-0.39, 0.29) is 24.4 Å². The SMILES string of the molecule is C=CCN(CCc1ccccc1)C(=O)CCC(C)N.Cl. The maximum atomic E-state index is 12.1. The van der Waals surface area contributed by atoms with E-state index < -0.39 is 0 Å². The van der Waals surface area contributed by atoms with E-state index in [0.29, 0.717) is 13.0 Å². The van der Waals surface area contributed by atoms with E-state index >= 15 is 0 Å². The standard InChI is InChI=1S/C16H24N2O.ClH/c1-3-12-18(16(19)10-9-14(2)17)13-11-15-7-5-4-6-8-15;/h3-8,14H,1,9-13,17H2,2H3;1H. The van der Waals surface area contributed by atoms with Gasteiger partial charge in [0, 0.05) is 25.6 Å². The van der Waals surface area contributed by atoms with Gasteiger partial charge >= 0.3 is 0 Å². The molecule has 1 aromatic rings. The van der Waals surface area contributed by atoms with Crippen molar-refractivity contribution in [2.75, 3.05) is 13.1 Å². The summed E-state index contributed by atoms with van der Waals surface area (Å²) in [5.74, 6) is 0.160. The second kappa shape index (κ2) is 10.5. The van der Waals surface area contributed by atoms with Crippen LogP contribution in [0.1, 0.15) is 25.3 Å². The molecule has 112 valence electrons. The van der Waals surface area contributed by atoms with Crippen LogP contribution in [0.2, 0.25) is 0 Å². The summed E-state index contributed by atoms with van der Waals surface area (Å²) in [5, 5.41) is 0. The lowest BCUT2D eigenvalue weighted by Crippen LogP contribution is -2.34. The zero-order valence-electron chi connectivity index (χ0n) is 12.1. The molecule has 1 atom stereocenters. The second-order valence-corrected chi connectivity index (χ2v) is 4.88. The number of carbonyl (C=O) groups is 1. The number of rotatable bonds is 8. The molecule has 1 aromatic carbocycles. The molecular weight excluding hydrogens is 272 g/mol. The van der Waals surface area contributed by atoms with Gasteiger partial charge < -0.3 is 10.6 Å². The summed E-state index contributed by atoms with van der Waals surface area (Å²) in [4.78, 5) is 13.9. The van der Waals surface area contributed by atoms with Gasteiger partial charge in [0.05, 0.1) is 0 Å². The monoisotopic (exact) mass is 296 g/mol. The lowest BCUT2D eigenvalue weighted by Gasteiger charge is -2.21. The first kappa shape index (κ1) is 18.7. The van der Waals surface area contributed by atoms with Crippen LogP contribution in [0.5, 0.6) is 0 Å². The Hall–Kier alpha value is -1.32. The van der Waals surface area contributed by atoms with Crippen LogP contribution in [0.4, 0.5) is 0 Å². The van der Waals surface area contributed by atoms with Crippen molar-refractivity contribution in [2.24, 2.45) is 5.73 Å². The Balaban J connectivity index is 0.00000361. The summed E-state index contributed by atoms with van der Waals surface area (Å²) in [5.41, 5.74) is 6.94. The fourth-order valence-corrected chi connectivity index (χ4v) is 1.89. The second-order valence-electron chi connectivity index (χ2n) is 4.88. The largest absolute Gasteiger partial charge is 0.339 e. The molecule has 0 aromatic heterocycles. The van der Waals surface area contributed by atoms with Gasteiger partial charge in [-0.1, -0.05) is 36.4 Å². The quantitative estimate of drug-likeness (QED) is 0.750. The molecule has 0 saturated heterocycles. The molecule has 0 bridgehead atoms. The van der Waals surface area contributed by atoms with Crippen molar-refractivity contribution in [3.8, 4) is 0 Å². The number of carbonyl (C=O) groups excluding carboxylic acids is 1. The maximum Gasteiger partial charge on any atom is 0.222 e. The molecule has 0 fully saturated rings. The molecule has 0 aliphatic carbocycles. The summed E-state index contributed by atoms with van der Waals surface area (Å²) >= 11 is 0. The summed E-state index contributed by atoms with van der Waals surface area (Å²) in [6, 6.07) is 10.3. The lowest BCUT2D eigenvalue weighted by atomic mass is 10.1. The number of benzene rings is 1. The van der Waals surface area contributed by atoms with Crippen molar-refractivity contribution >= 4 is 18.3 Å². The zero-order valence-corrected chi connectivity index (χ0v) is 12.9. The minimum atomic E-state index is 0. The molecule has 1 unspecified atom stereocenters. The maximum absolute atomic E-state index is 12.1. The van der Waals surface area contributed by atoms with Crippen LogP contribution in [0, 0.1) is 0 Å².